The number of piperidine rings is 1. The van der Waals surface area contributed by atoms with E-state index in [1.807, 2.05) is 18.2 Å². The molecule has 0 spiro atoms. The van der Waals surface area contributed by atoms with Crippen LogP contribution in [0.25, 0.3) is 11.0 Å². The Balaban J connectivity index is 1.38. The van der Waals surface area contributed by atoms with Gasteiger partial charge in [0.2, 0.25) is 5.91 Å². The van der Waals surface area contributed by atoms with Crippen LogP contribution in [0.4, 0.5) is 5.69 Å². The zero-order valence-electron chi connectivity index (χ0n) is 11.9. The number of hydrogen-bond acceptors (Lipinski definition) is 4. The molecule has 2 aromatic rings. The summed E-state index contributed by atoms with van der Waals surface area (Å²) in [5, 5.41) is 13.6. The smallest absolute Gasteiger partial charge is 0.227 e. The van der Waals surface area contributed by atoms with Gasteiger partial charge in [0.05, 0.1) is 0 Å². The molecule has 0 bridgehead atoms. The molecule has 1 aromatic heterocycles. The number of nitrogens with one attached hydrogen (secondary N) is 2. The highest BCUT2D eigenvalue weighted by atomic mass is 16.1. The molecule has 21 heavy (non-hydrogen) atoms. The van der Waals surface area contributed by atoms with Crippen molar-refractivity contribution in [2.24, 2.45) is 5.92 Å². The van der Waals surface area contributed by atoms with Gasteiger partial charge in [-0.2, -0.15) is 15.4 Å². The van der Waals surface area contributed by atoms with Crippen LogP contribution in [0.15, 0.2) is 18.2 Å². The molecule has 6 heteroatoms. The lowest BCUT2D eigenvalue weighted by Gasteiger charge is -2.31. The predicted octanol–water partition coefficient (Wildman–Crippen LogP) is 1.77. The van der Waals surface area contributed by atoms with Crippen LogP contribution in [0, 0.1) is 5.92 Å². The molecule has 1 aliphatic carbocycles. The van der Waals surface area contributed by atoms with Crippen LogP contribution in [-0.4, -0.2) is 45.3 Å². The van der Waals surface area contributed by atoms with Crippen LogP contribution in [0.2, 0.25) is 0 Å². The van der Waals surface area contributed by atoms with Gasteiger partial charge in [-0.05, 0) is 57.0 Å². The first-order valence-electron chi connectivity index (χ1n) is 7.65. The van der Waals surface area contributed by atoms with E-state index in [-0.39, 0.29) is 11.8 Å². The van der Waals surface area contributed by atoms with Crippen molar-refractivity contribution in [3.05, 3.63) is 18.2 Å². The number of nitrogens with zero attached hydrogens (tertiary/aromatic N) is 3. The van der Waals surface area contributed by atoms with E-state index in [4.69, 9.17) is 0 Å². The number of amides is 1. The van der Waals surface area contributed by atoms with E-state index < -0.39 is 0 Å². The average molecular weight is 285 g/mol. The molecule has 1 saturated heterocycles. The first-order chi connectivity index (χ1) is 10.3. The van der Waals surface area contributed by atoms with E-state index >= 15 is 0 Å². The van der Waals surface area contributed by atoms with Gasteiger partial charge in [0, 0.05) is 17.6 Å². The summed E-state index contributed by atoms with van der Waals surface area (Å²) in [6.45, 7) is 2.12. The number of aromatic nitrogens is 3. The van der Waals surface area contributed by atoms with E-state index in [1.165, 1.54) is 12.8 Å². The second kappa shape index (κ2) is 5.11. The predicted molar refractivity (Wildman–Crippen MR) is 79.8 cm³/mol. The second-order valence-electron chi connectivity index (χ2n) is 6.06. The van der Waals surface area contributed by atoms with E-state index in [0.29, 0.717) is 0 Å². The highest BCUT2D eigenvalue weighted by Crippen LogP contribution is 2.31. The van der Waals surface area contributed by atoms with Gasteiger partial charge in [0.25, 0.3) is 0 Å². The molecule has 2 N–H and O–H groups in total. The largest absolute Gasteiger partial charge is 0.326 e. The number of hydrogen-bond donors (Lipinski definition) is 2. The molecule has 1 aromatic carbocycles. The number of carbonyl (C=O) groups excluding carboxylic acids is 1. The van der Waals surface area contributed by atoms with Crippen molar-refractivity contribution in [3.8, 4) is 0 Å². The number of rotatable bonds is 3. The van der Waals surface area contributed by atoms with Gasteiger partial charge < -0.3 is 10.2 Å². The van der Waals surface area contributed by atoms with Gasteiger partial charge in [-0.1, -0.05) is 0 Å². The number of carbonyl (C=O) groups is 1. The van der Waals surface area contributed by atoms with Crippen LogP contribution >= 0.6 is 0 Å². The Morgan fingerprint density at radius 3 is 2.67 bits per heavy atom. The van der Waals surface area contributed by atoms with Crippen LogP contribution in [-0.2, 0) is 4.79 Å². The lowest BCUT2D eigenvalue weighted by molar-refractivity contribution is -0.121. The number of likely N-dealkylation sites (tertiary alicyclic amines) is 1. The highest BCUT2D eigenvalue weighted by molar-refractivity contribution is 5.94. The van der Waals surface area contributed by atoms with Crippen LogP contribution < -0.4 is 5.32 Å². The molecule has 2 fully saturated rings. The summed E-state index contributed by atoms with van der Waals surface area (Å²) >= 11 is 0. The van der Waals surface area contributed by atoms with Gasteiger partial charge in [-0.15, -0.1) is 0 Å². The Hall–Kier alpha value is -1.95. The van der Waals surface area contributed by atoms with E-state index in [1.54, 1.807) is 0 Å². The number of aromatic amines is 1. The van der Waals surface area contributed by atoms with Crippen molar-refractivity contribution in [3.63, 3.8) is 0 Å². The van der Waals surface area contributed by atoms with E-state index in [9.17, 15) is 4.79 Å². The second-order valence-corrected chi connectivity index (χ2v) is 6.06. The quantitative estimate of drug-likeness (QED) is 0.901. The highest BCUT2D eigenvalue weighted by Gasteiger charge is 2.33. The Kier molecular flexibility index (Phi) is 3.11. The summed E-state index contributed by atoms with van der Waals surface area (Å²) < 4.78 is 0. The summed E-state index contributed by atoms with van der Waals surface area (Å²) in [5.41, 5.74) is 2.38. The minimum atomic E-state index is 0.132. The molecular formula is C15H19N5O. The SMILES string of the molecule is O=C(Nc1ccc2n[nH]nc2c1)C1CCN(C2CC2)CC1. The van der Waals surface area contributed by atoms with E-state index in [2.05, 4.69) is 25.6 Å². The molecule has 1 saturated carbocycles. The molecule has 0 atom stereocenters. The molecule has 110 valence electrons. The monoisotopic (exact) mass is 285 g/mol. The number of fused-ring (bicyclic) bond motifs is 1. The molecular weight excluding hydrogens is 266 g/mol. The lowest BCUT2D eigenvalue weighted by Crippen LogP contribution is -2.39. The molecule has 0 unspecified atom stereocenters. The standard InChI is InChI=1S/C15H19N5O/c21-15(10-5-7-20(8-6-10)12-2-3-12)16-11-1-4-13-14(9-11)18-19-17-13/h1,4,9-10,12H,2-3,5-8H2,(H,16,21)(H,17,18,19). The van der Waals surface area contributed by atoms with Gasteiger partial charge in [-0.25, -0.2) is 0 Å². The van der Waals surface area contributed by atoms with Crippen molar-refractivity contribution in [1.29, 1.82) is 0 Å². The summed E-state index contributed by atoms with van der Waals surface area (Å²) in [6, 6.07) is 6.41. The molecule has 2 heterocycles. The molecule has 0 radical (unpaired) electrons. The third-order valence-electron chi connectivity index (χ3n) is 4.55. The zero-order valence-corrected chi connectivity index (χ0v) is 11.9. The minimum absolute atomic E-state index is 0.132. The number of benzene rings is 1. The number of anilines is 1. The summed E-state index contributed by atoms with van der Waals surface area (Å²) in [5.74, 6) is 0.265. The third kappa shape index (κ3) is 2.63. The topological polar surface area (TPSA) is 73.9 Å². The van der Waals surface area contributed by atoms with Gasteiger partial charge in [-0.3, -0.25) is 4.79 Å². The van der Waals surface area contributed by atoms with Crippen molar-refractivity contribution in [2.45, 2.75) is 31.7 Å². The Morgan fingerprint density at radius 2 is 1.90 bits per heavy atom. The molecule has 2 aliphatic rings. The normalized spacial score (nSPS) is 20.8. The fourth-order valence-electron chi connectivity index (χ4n) is 3.13. The maximum Gasteiger partial charge on any atom is 0.227 e. The summed E-state index contributed by atoms with van der Waals surface area (Å²) in [4.78, 5) is 14.9. The maximum atomic E-state index is 12.4. The summed E-state index contributed by atoms with van der Waals surface area (Å²) in [6.07, 6.45) is 4.62. The Morgan fingerprint density at radius 1 is 1.14 bits per heavy atom. The minimum Gasteiger partial charge on any atom is -0.326 e. The molecule has 4 rings (SSSR count). The first-order valence-corrected chi connectivity index (χ1v) is 7.65. The zero-order chi connectivity index (χ0) is 14.2. The fourth-order valence-corrected chi connectivity index (χ4v) is 3.13. The van der Waals surface area contributed by atoms with Gasteiger partial charge in [0.15, 0.2) is 0 Å². The van der Waals surface area contributed by atoms with Crippen LogP contribution in [0.5, 0.6) is 0 Å². The molecule has 6 nitrogen and oxygen atoms in total. The Bertz CT molecular complexity index is 655. The lowest BCUT2D eigenvalue weighted by atomic mass is 9.95. The average Bonchev–Trinajstić information content (AvgIpc) is 3.26. The third-order valence-corrected chi connectivity index (χ3v) is 4.55. The number of H-pyrrole nitrogens is 1. The maximum absolute atomic E-state index is 12.4. The van der Waals surface area contributed by atoms with Gasteiger partial charge in [0.1, 0.15) is 11.0 Å². The van der Waals surface area contributed by atoms with E-state index in [0.717, 1.165) is 48.7 Å². The van der Waals surface area contributed by atoms with Crippen LogP contribution in [0.1, 0.15) is 25.7 Å². The molecule has 1 amide bonds. The van der Waals surface area contributed by atoms with Crippen molar-refractivity contribution < 1.29 is 4.79 Å². The first kappa shape index (κ1) is 12.8. The fraction of sp³-hybridized carbons (Fsp3) is 0.533. The van der Waals surface area contributed by atoms with Crippen molar-refractivity contribution >= 4 is 22.6 Å². The van der Waals surface area contributed by atoms with Crippen molar-refractivity contribution in [2.75, 3.05) is 18.4 Å². The molecule has 1 aliphatic heterocycles. The van der Waals surface area contributed by atoms with Crippen molar-refractivity contribution in [1.82, 2.24) is 20.3 Å². The van der Waals surface area contributed by atoms with Gasteiger partial charge >= 0.3 is 0 Å². The van der Waals surface area contributed by atoms with Crippen LogP contribution in [0.3, 0.4) is 0 Å². The Labute approximate surface area is 122 Å². The summed E-state index contributed by atoms with van der Waals surface area (Å²) in [7, 11) is 0.